The van der Waals surface area contributed by atoms with Gasteiger partial charge in [-0.1, -0.05) is 0 Å². The zero-order valence-corrected chi connectivity index (χ0v) is 11.4. The molecule has 4 heteroatoms. The molecule has 0 radical (unpaired) electrons. The van der Waals surface area contributed by atoms with Gasteiger partial charge in [-0.05, 0) is 33.2 Å². The van der Waals surface area contributed by atoms with Crippen molar-refractivity contribution in [2.75, 3.05) is 19.6 Å². The second-order valence-electron chi connectivity index (χ2n) is 5.57. The fourth-order valence-corrected chi connectivity index (χ4v) is 4.19. The Morgan fingerprint density at radius 2 is 2.29 bits per heavy atom. The van der Waals surface area contributed by atoms with E-state index in [2.05, 4.69) is 23.7 Å². The van der Waals surface area contributed by atoms with Crippen LogP contribution in [-0.2, 0) is 6.42 Å². The number of nitrogens with zero attached hydrogens (tertiary/aromatic N) is 2. The summed E-state index contributed by atoms with van der Waals surface area (Å²) in [5.41, 5.74) is 0.626. The Morgan fingerprint density at radius 3 is 3.00 bits per heavy atom. The van der Waals surface area contributed by atoms with Crippen molar-refractivity contribution < 1.29 is 5.11 Å². The SMILES string of the molecule is Cc1nc(CC2(O)CCN3CCC2C3)sc1C. The van der Waals surface area contributed by atoms with Crippen molar-refractivity contribution in [1.82, 2.24) is 9.88 Å². The predicted molar refractivity (Wildman–Crippen MR) is 69.4 cm³/mol. The van der Waals surface area contributed by atoms with Gasteiger partial charge in [0.05, 0.1) is 16.3 Å². The molecule has 2 aliphatic rings. The minimum Gasteiger partial charge on any atom is -0.389 e. The van der Waals surface area contributed by atoms with Crippen molar-refractivity contribution in [3.8, 4) is 0 Å². The molecule has 94 valence electrons. The molecule has 3 atom stereocenters. The molecule has 1 aromatic rings. The number of fused-ring (bicyclic) bond motifs is 2. The van der Waals surface area contributed by atoms with E-state index in [1.807, 2.05) is 0 Å². The number of hydrogen-bond donors (Lipinski definition) is 1. The van der Waals surface area contributed by atoms with E-state index in [0.717, 1.165) is 43.1 Å². The van der Waals surface area contributed by atoms with Crippen LogP contribution >= 0.6 is 11.3 Å². The Bertz CT molecular complexity index is 412. The highest BCUT2D eigenvalue weighted by Gasteiger charge is 2.45. The molecule has 3 heterocycles. The Balaban J connectivity index is 1.79. The molecule has 3 nitrogen and oxygen atoms in total. The van der Waals surface area contributed by atoms with Gasteiger partial charge in [0.15, 0.2) is 0 Å². The first-order valence-corrected chi connectivity index (χ1v) is 7.26. The lowest BCUT2D eigenvalue weighted by Gasteiger charge is -2.38. The lowest BCUT2D eigenvalue weighted by molar-refractivity contribution is -0.0439. The van der Waals surface area contributed by atoms with Crippen molar-refractivity contribution in [3.63, 3.8) is 0 Å². The molecule has 0 spiro atoms. The minimum absolute atomic E-state index is 0.459. The largest absolute Gasteiger partial charge is 0.389 e. The standard InChI is InChI=1S/C13H20N2OS/c1-9-10(2)17-12(14-9)7-13(16)4-6-15-5-3-11(13)8-15/h11,16H,3-8H2,1-2H3. The molecule has 2 fully saturated rings. The summed E-state index contributed by atoms with van der Waals surface area (Å²) in [6.45, 7) is 7.47. The molecule has 17 heavy (non-hydrogen) atoms. The van der Waals surface area contributed by atoms with Gasteiger partial charge in [-0.3, -0.25) is 0 Å². The van der Waals surface area contributed by atoms with E-state index in [1.165, 1.54) is 11.4 Å². The third kappa shape index (κ3) is 2.02. The summed E-state index contributed by atoms with van der Waals surface area (Å²) in [6.07, 6.45) is 2.82. The number of rotatable bonds is 2. The molecular weight excluding hydrogens is 232 g/mol. The normalized spacial score (nSPS) is 36.4. The summed E-state index contributed by atoms with van der Waals surface area (Å²) in [4.78, 5) is 8.33. The molecule has 1 N–H and O–H groups in total. The van der Waals surface area contributed by atoms with Gasteiger partial charge in [0, 0.05) is 30.3 Å². The van der Waals surface area contributed by atoms with Crippen molar-refractivity contribution in [3.05, 3.63) is 15.6 Å². The van der Waals surface area contributed by atoms with Crippen LogP contribution in [0.1, 0.15) is 28.4 Å². The average molecular weight is 252 g/mol. The Labute approximate surface area is 106 Å². The van der Waals surface area contributed by atoms with Gasteiger partial charge in [-0.25, -0.2) is 4.98 Å². The third-order valence-corrected chi connectivity index (χ3v) is 5.50. The summed E-state index contributed by atoms with van der Waals surface area (Å²) >= 11 is 1.75. The molecular formula is C13H20N2OS. The molecule has 3 unspecified atom stereocenters. The van der Waals surface area contributed by atoms with Crippen molar-refractivity contribution in [1.29, 1.82) is 0 Å². The first-order chi connectivity index (χ1) is 8.07. The molecule has 3 rings (SSSR count). The van der Waals surface area contributed by atoms with Crippen LogP contribution in [0.2, 0.25) is 0 Å². The Hall–Kier alpha value is -0.450. The number of aliphatic hydroxyl groups is 1. The molecule has 2 aliphatic heterocycles. The molecule has 0 aromatic carbocycles. The van der Waals surface area contributed by atoms with Crippen LogP contribution in [0.25, 0.3) is 0 Å². The van der Waals surface area contributed by atoms with Crippen LogP contribution in [-0.4, -0.2) is 40.2 Å². The van der Waals surface area contributed by atoms with Gasteiger partial charge < -0.3 is 10.0 Å². The first-order valence-electron chi connectivity index (χ1n) is 6.44. The molecule has 2 bridgehead atoms. The highest BCUT2D eigenvalue weighted by molar-refractivity contribution is 7.11. The van der Waals surface area contributed by atoms with E-state index in [0.29, 0.717) is 5.92 Å². The third-order valence-electron chi connectivity index (χ3n) is 4.42. The van der Waals surface area contributed by atoms with Crippen LogP contribution in [0.3, 0.4) is 0 Å². The Kier molecular flexibility index (Phi) is 2.76. The summed E-state index contributed by atoms with van der Waals surface area (Å²) in [5.74, 6) is 0.459. The molecule has 2 saturated heterocycles. The number of thiazole rings is 1. The van der Waals surface area contributed by atoms with Gasteiger partial charge in [0.2, 0.25) is 0 Å². The number of aromatic nitrogens is 1. The fraction of sp³-hybridized carbons (Fsp3) is 0.769. The predicted octanol–water partition coefficient (Wildman–Crippen LogP) is 1.76. The van der Waals surface area contributed by atoms with E-state index >= 15 is 0 Å². The molecule has 0 amide bonds. The summed E-state index contributed by atoms with van der Waals surface area (Å²) in [5, 5.41) is 12.0. The average Bonchev–Trinajstić information content (AvgIpc) is 2.81. The number of hydrogen-bond acceptors (Lipinski definition) is 4. The molecule has 1 aromatic heterocycles. The molecule has 0 aliphatic carbocycles. The van der Waals surface area contributed by atoms with Crippen LogP contribution in [0.5, 0.6) is 0 Å². The highest BCUT2D eigenvalue weighted by Crippen LogP contribution is 2.38. The zero-order chi connectivity index (χ0) is 12.0. The van der Waals surface area contributed by atoms with Crippen molar-refractivity contribution in [2.24, 2.45) is 5.92 Å². The summed E-state index contributed by atoms with van der Waals surface area (Å²) < 4.78 is 0. The highest BCUT2D eigenvalue weighted by atomic mass is 32.1. The van der Waals surface area contributed by atoms with Gasteiger partial charge in [0.25, 0.3) is 0 Å². The lowest BCUT2D eigenvalue weighted by Crippen LogP contribution is -2.47. The second-order valence-corrected chi connectivity index (χ2v) is 6.85. The van der Waals surface area contributed by atoms with Crippen molar-refractivity contribution in [2.45, 2.75) is 38.7 Å². The van der Waals surface area contributed by atoms with E-state index < -0.39 is 5.60 Å². The van der Waals surface area contributed by atoms with E-state index in [-0.39, 0.29) is 0 Å². The van der Waals surface area contributed by atoms with Gasteiger partial charge in [0.1, 0.15) is 0 Å². The van der Waals surface area contributed by atoms with Crippen LogP contribution in [0.4, 0.5) is 0 Å². The topological polar surface area (TPSA) is 36.4 Å². The fourth-order valence-electron chi connectivity index (χ4n) is 3.14. The minimum atomic E-state index is -0.496. The maximum Gasteiger partial charge on any atom is 0.0959 e. The lowest BCUT2D eigenvalue weighted by atomic mass is 9.80. The quantitative estimate of drug-likeness (QED) is 0.871. The maximum atomic E-state index is 10.9. The maximum absolute atomic E-state index is 10.9. The van der Waals surface area contributed by atoms with Gasteiger partial charge in [-0.15, -0.1) is 11.3 Å². The Morgan fingerprint density at radius 1 is 1.47 bits per heavy atom. The monoisotopic (exact) mass is 252 g/mol. The zero-order valence-electron chi connectivity index (χ0n) is 10.6. The smallest absolute Gasteiger partial charge is 0.0959 e. The number of aryl methyl sites for hydroxylation is 2. The molecule has 0 saturated carbocycles. The van der Waals surface area contributed by atoms with E-state index in [1.54, 1.807) is 11.3 Å². The number of piperidine rings is 1. The summed E-state index contributed by atoms with van der Waals surface area (Å²) in [7, 11) is 0. The van der Waals surface area contributed by atoms with E-state index in [9.17, 15) is 5.11 Å². The van der Waals surface area contributed by atoms with Gasteiger partial charge in [-0.2, -0.15) is 0 Å². The summed E-state index contributed by atoms with van der Waals surface area (Å²) in [6, 6.07) is 0. The van der Waals surface area contributed by atoms with Crippen molar-refractivity contribution >= 4 is 11.3 Å². The van der Waals surface area contributed by atoms with Crippen LogP contribution < -0.4 is 0 Å². The van der Waals surface area contributed by atoms with Crippen LogP contribution in [0.15, 0.2) is 0 Å². The van der Waals surface area contributed by atoms with E-state index in [4.69, 9.17) is 0 Å². The van der Waals surface area contributed by atoms with Gasteiger partial charge >= 0.3 is 0 Å². The second kappa shape index (κ2) is 4.04. The first kappa shape index (κ1) is 11.6. The van der Waals surface area contributed by atoms with Crippen LogP contribution in [0, 0.1) is 19.8 Å².